The lowest BCUT2D eigenvalue weighted by molar-refractivity contribution is -0.140. The monoisotopic (exact) mass is 347 g/mol. The Morgan fingerprint density at radius 3 is 2.91 bits per heavy atom. The van der Waals surface area contributed by atoms with Gasteiger partial charge in [-0.15, -0.1) is 11.3 Å². The molecule has 1 saturated heterocycles. The second-order valence-electron chi connectivity index (χ2n) is 5.90. The number of likely N-dealkylation sites (tertiary alicyclic amines) is 1. The number of thioether (sulfide) groups is 1. The molecular weight excluding hydrogens is 330 g/mol. The van der Waals surface area contributed by atoms with Gasteiger partial charge in [0.05, 0.1) is 5.75 Å². The van der Waals surface area contributed by atoms with Gasteiger partial charge in [-0.3, -0.25) is 14.5 Å². The summed E-state index contributed by atoms with van der Waals surface area (Å²) >= 11 is 3.20. The first-order chi connectivity index (χ1) is 11.2. The maximum Gasteiger partial charge on any atom is 0.239 e. The van der Waals surface area contributed by atoms with Gasteiger partial charge in [-0.1, -0.05) is 11.8 Å². The molecule has 5 nitrogen and oxygen atoms in total. The highest BCUT2D eigenvalue weighted by molar-refractivity contribution is 8.00. The Bertz CT molecular complexity index is 787. The van der Waals surface area contributed by atoms with Crippen molar-refractivity contribution >= 4 is 45.1 Å². The summed E-state index contributed by atoms with van der Waals surface area (Å²) in [6, 6.07) is 0. The lowest BCUT2D eigenvalue weighted by Crippen LogP contribution is -2.33. The molecule has 1 aliphatic carbocycles. The minimum absolute atomic E-state index is 0.0450. The molecule has 2 aromatic rings. The van der Waals surface area contributed by atoms with E-state index in [1.165, 1.54) is 39.9 Å². The van der Waals surface area contributed by atoms with Crippen LogP contribution in [0.2, 0.25) is 0 Å². The van der Waals surface area contributed by atoms with Crippen LogP contribution in [0.3, 0.4) is 0 Å². The number of imide groups is 1. The van der Waals surface area contributed by atoms with Crippen LogP contribution in [0, 0.1) is 0 Å². The molecule has 0 atom stereocenters. The quantitative estimate of drug-likeness (QED) is 0.631. The molecule has 4 rings (SSSR count). The summed E-state index contributed by atoms with van der Waals surface area (Å²) in [5.41, 5.74) is 1.38. The Balaban J connectivity index is 1.58. The number of carbonyl (C=O) groups excluding carboxylic acids is 2. The number of nitrogens with zero attached hydrogens (tertiary/aromatic N) is 3. The van der Waals surface area contributed by atoms with Crippen LogP contribution in [0.5, 0.6) is 0 Å². The summed E-state index contributed by atoms with van der Waals surface area (Å²) in [6.07, 6.45) is 7.51. The molecule has 0 spiro atoms. The summed E-state index contributed by atoms with van der Waals surface area (Å²) in [4.78, 5) is 36.5. The second-order valence-corrected chi connectivity index (χ2v) is 7.95. The van der Waals surface area contributed by atoms with Gasteiger partial charge in [0.2, 0.25) is 11.8 Å². The topological polar surface area (TPSA) is 63.2 Å². The predicted molar refractivity (Wildman–Crippen MR) is 90.7 cm³/mol. The zero-order valence-corrected chi connectivity index (χ0v) is 14.3. The Kier molecular flexibility index (Phi) is 4.07. The largest absolute Gasteiger partial charge is 0.282 e. The van der Waals surface area contributed by atoms with Gasteiger partial charge in [-0.05, 0) is 37.7 Å². The third kappa shape index (κ3) is 2.76. The van der Waals surface area contributed by atoms with Crippen molar-refractivity contribution in [2.24, 2.45) is 0 Å². The number of carbonyl (C=O) groups is 2. The molecule has 1 aliphatic heterocycles. The fourth-order valence-electron chi connectivity index (χ4n) is 3.29. The molecule has 2 aromatic heterocycles. The first kappa shape index (κ1) is 15.1. The van der Waals surface area contributed by atoms with Crippen molar-refractivity contribution in [3.63, 3.8) is 0 Å². The van der Waals surface area contributed by atoms with Crippen molar-refractivity contribution in [3.8, 4) is 0 Å². The molecule has 1 fully saturated rings. The molecule has 0 radical (unpaired) electrons. The van der Waals surface area contributed by atoms with Crippen molar-refractivity contribution in [1.82, 2.24) is 14.9 Å². The highest BCUT2D eigenvalue weighted by atomic mass is 32.2. The first-order valence-corrected chi connectivity index (χ1v) is 9.75. The zero-order chi connectivity index (χ0) is 15.8. The molecule has 0 saturated carbocycles. The molecule has 120 valence electrons. The van der Waals surface area contributed by atoms with Gasteiger partial charge < -0.3 is 0 Å². The van der Waals surface area contributed by atoms with Crippen LogP contribution in [0.25, 0.3) is 10.2 Å². The number of rotatable bonds is 3. The standard InChI is InChI=1S/C16H17N3O2S2/c20-12-6-3-7-19(12)13(21)8-22-15-14-10-4-1-2-5-11(10)23-16(14)18-9-17-15/h9H,1-8H2. The van der Waals surface area contributed by atoms with Crippen LogP contribution >= 0.6 is 23.1 Å². The van der Waals surface area contributed by atoms with Gasteiger partial charge in [-0.2, -0.15) is 0 Å². The summed E-state index contributed by atoms with van der Waals surface area (Å²) < 4.78 is 0. The number of aryl methyl sites for hydroxylation is 2. The first-order valence-electron chi connectivity index (χ1n) is 7.95. The van der Waals surface area contributed by atoms with E-state index >= 15 is 0 Å². The molecule has 23 heavy (non-hydrogen) atoms. The average molecular weight is 347 g/mol. The van der Waals surface area contributed by atoms with Crippen LogP contribution in [0.1, 0.15) is 36.1 Å². The molecule has 0 N–H and O–H groups in total. The van der Waals surface area contributed by atoms with E-state index in [9.17, 15) is 9.59 Å². The van der Waals surface area contributed by atoms with E-state index in [4.69, 9.17) is 0 Å². The normalized spacial score (nSPS) is 17.7. The molecular formula is C16H17N3O2S2. The number of hydrogen-bond acceptors (Lipinski definition) is 6. The Morgan fingerprint density at radius 2 is 2.09 bits per heavy atom. The third-order valence-corrected chi connectivity index (χ3v) is 6.60. The molecule has 3 heterocycles. The van der Waals surface area contributed by atoms with Crippen LogP contribution < -0.4 is 0 Å². The highest BCUT2D eigenvalue weighted by Gasteiger charge is 2.27. The van der Waals surface area contributed by atoms with E-state index in [0.717, 1.165) is 34.5 Å². The fraction of sp³-hybridized carbons (Fsp3) is 0.500. The maximum absolute atomic E-state index is 12.2. The van der Waals surface area contributed by atoms with Crippen molar-refractivity contribution < 1.29 is 9.59 Å². The van der Waals surface area contributed by atoms with Crippen molar-refractivity contribution in [2.45, 2.75) is 43.6 Å². The van der Waals surface area contributed by atoms with Crippen LogP contribution in [0.4, 0.5) is 0 Å². The number of hydrogen-bond donors (Lipinski definition) is 0. The summed E-state index contributed by atoms with van der Waals surface area (Å²) in [5.74, 6) is 0.118. The maximum atomic E-state index is 12.2. The minimum Gasteiger partial charge on any atom is -0.282 e. The summed E-state index contributed by atoms with van der Waals surface area (Å²) in [5, 5.41) is 2.02. The molecule has 0 unspecified atom stereocenters. The van der Waals surface area contributed by atoms with Crippen molar-refractivity contribution in [1.29, 1.82) is 0 Å². The zero-order valence-electron chi connectivity index (χ0n) is 12.7. The number of amides is 2. The lowest BCUT2D eigenvalue weighted by atomic mass is 9.97. The second kappa shape index (κ2) is 6.20. The molecule has 0 aromatic carbocycles. The Labute approximate surface area is 142 Å². The predicted octanol–water partition coefficient (Wildman–Crippen LogP) is 2.81. The summed E-state index contributed by atoms with van der Waals surface area (Å²) in [6.45, 7) is 0.561. The van der Waals surface area contributed by atoms with E-state index < -0.39 is 0 Å². The number of fused-ring (bicyclic) bond motifs is 3. The number of thiophene rings is 1. The van der Waals surface area contributed by atoms with Gasteiger partial charge in [0.25, 0.3) is 0 Å². The van der Waals surface area contributed by atoms with Gasteiger partial charge >= 0.3 is 0 Å². The smallest absolute Gasteiger partial charge is 0.239 e. The molecule has 0 bridgehead atoms. The van der Waals surface area contributed by atoms with Crippen LogP contribution in [-0.4, -0.2) is 39.0 Å². The Hall–Kier alpha value is -1.47. The van der Waals surface area contributed by atoms with Gasteiger partial charge in [0.1, 0.15) is 16.2 Å². The van der Waals surface area contributed by atoms with Crippen molar-refractivity contribution in [3.05, 3.63) is 16.8 Å². The van der Waals surface area contributed by atoms with E-state index in [0.29, 0.717) is 13.0 Å². The average Bonchev–Trinajstić information content (AvgIpc) is 3.16. The van der Waals surface area contributed by atoms with Crippen LogP contribution in [-0.2, 0) is 22.4 Å². The molecule has 2 amide bonds. The van der Waals surface area contributed by atoms with E-state index in [1.54, 1.807) is 17.7 Å². The molecule has 7 heteroatoms. The third-order valence-electron chi connectivity index (χ3n) is 4.42. The lowest BCUT2D eigenvalue weighted by Gasteiger charge is -2.13. The summed E-state index contributed by atoms with van der Waals surface area (Å²) in [7, 11) is 0. The SMILES string of the molecule is O=C1CCCN1C(=O)CSc1ncnc2sc3c(c12)CCCC3. The molecule has 2 aliphatic rings. The van der Waals surface area contributed by atoms with Gasteiger partial charge in [-0.25, -0.2) is 9.97 Å². The van der Waals surface area contributed by atoms with Gasteiger partial charge in [0, 0.05) is 23.2 Å². The Morgan fingerprint density at radius 1 is 1.22 bits per heavy atom. The van der Waals surface area contributed by atoms with E-state index in [1.807, 2.05) is 0 Å². The highest BCUT2D eigenvalue weighted by Crippen LogP contribution is 2.39. The fourth-order valence-corrected chi connectivity index (χ4v) is 5.49. The van der Waals surface area contributed by atoms with Gasteiger partial charge in [0.15, 0.2) is 0 Å². The van der Waals surface area contributed by atoms with E-state index in [-0.39, 0.29) is 17.6 Å². The van der Waals surface area contributed by atoms with E-state index in [2.05, 4.69) is 9.97 Å². The van der Waals surface area contributed by atoms with Crippen LogP contribution in [0.15, 0.2) is 11.4 Å². The number of aromatic nitrogens is 2. The van der Waals surface area contributed by atoms with Crippen molar-refractivity contribution in [2.75, 3.05) is 12.3 Å². The minimum atomic E-state index is -0.103.